The third kappa shape index (κ3) is 3.25. The van der Waals surface area contributed by atoms with Crippen LogP contribution in [0.4, 0.5) is 0 Å². The van der Waals surface area contributed by atoms with Gasteiger partial charge < -0.3 is 10.2 Å². The van der Waals surface area contributed by atoms with Crippen LogP contribution in [0.1, 0.15) is 0 Å². The zero-order valence-corrected chi connectivity index (χ0v) is 8.84. The van der Waals surface area contributed by atoms with Crippen molar-refractivity contribution in [2.45, 2.75) is 0 Å². The predicted molar refractivity (Wildman–Crippen MR) is 55.4 cm³/mol. The summed E-state index contributed by atoms with van der Waals surface area (Å²) in [6.45, 7) is 2.27. The van der Waals surface area contributed by atoms with Gasteiger partial charge in [0.15, 0.2) is 0 Å². The Bertz CT molecular complexity index is 146. The summed E-state index contributed by atoms with van der Waals surface area (Å²) in [4.78, 5) is 13.3. The second-order valence-corrected chi connectivity index (χ2v) is 5.26. The van der Waals surface area contributed by atoms with Gasteiger partial charge in [0.1, 0.15) is 0 Å². The highest BCUT2D eigenvalue weighted by molar-refractivity contribution is 8.76. The summed E-state index contributed by atoms with van der Waals surface area (Å²) in [7, 11) is 5.52. The van der Waals surface area contributed by atoms with Gasteiger partial charge in [0.05, 0.1) is 6.54 Å². The van der Waals surface area contributed by atoms with Gasteiger partial charge in [0.25, 0.3) is 0 Å². The molecule has 1 rings (SSSR count). The van der Waals surface area contributed by atoms with Crippen LogP contribution >= 0.6 is 21.6 Å². The number of carbonyl (C=O) groups is 1. The van der Waals surface area contributed by atoms with Gasteiger partial charge >= 0.3 is 0 Å². The van der Waals surface area contributed by atoms with Crippen LogP contribution < -0.4 is 5.32 Å². The molecule has 0 atom stereocenters. The third-order valence-electron chi connectivity index (χ3n) is 1.65. The van der Waals surface area contributed by atoms with E-state index in [1.54, 1.807) is 7.05 Å². The molecule has 1 aliphatic rings. The number of amides is 1. The molecule has 0 aliphatic carbocycles. The molecule has 5 heteroatoms. The molecule has 0 bridgehead atoms. The van der Waals surface area contributed by atoms with Crippen LogP contribution in [-0.4, -0.2) is 49.0 Å². The molecule has 0 radical (unpaired) electrons. The van der Waals surface area contributed by atoms with E-state index in [9.17, 15) is 4.79 Å². The summed E-state index contributed by atoms with van der Waals surface area (Å²) >= 11 is 0. The maximum Gasteiger partial charge on any atom is 0.236 e. The molecule has 1 heterocycles. The molecule has 1 aliphatic heterocycles. The van der Waals surface area contributed by atoms with E-state index < -0.39 is 0 Å². The summed E-state index contributed by atoms with van der Waals surface area (Å²) < 4.78 is 0. The lowest BCUT2D eigenvalue weighted by Gasteiger charge is -2.18. The molecule has 1 N–H and O–H groups in total. The Hall–Kier alpha value is 0.130. The van der Waals surface area contributed by atoms with E-state index >= 15 is 0 Å². The first-order chi connectivity index (χ1) is 5.84. The second kappa shape index (κ2) is 5.72. The largest absolute Gasteiger partial charge is 0.340 e. The predicted octanol–water partition coefficient (Wildman–Crippen LogP) is 0.429. The highest BCUT2D eigenvalue weighted by atomic mass is 33.1. The Morgan fingerprint density at radius 3 is 2.50 bits per heavy atom. The Morgan fingerprint density at radius 1 is 1.42 bits per heavy atom. The monoisotopic (exact) mass is 206 g/mol. The van der Waals surface area contributed by atoms with Crippen molar-refractivity contribution in [3.05, 3.63) is 0 Å². The fourth-order valence-corrected chi connectivity index (χ4v) is 3.02. The molecule has 1 fully saturated rings. The number of carbonyl (C=O) groups excluding carboxylic acids is 1. The lowest BCUT2D eigenvalue weighted by Crippen LogP contribution is -2.39. The molecule has 3 nitrogen and oxygen atoms in total. The van der Waals surface area contributed by atoms with Crippen molar-refractivity contribution in [1.82, 2.24) is 10.2 Å². The summed E-state index contributed by atoms with van der Waals surface area (Å²) in [5.41, 5.74) is 0. The van der Waals surface area contributed by atoms with E-state index in [2.05, 4.69) is 5.32 Å². The normalized spacial score (nSPS) is 18.9. The van der Waals surface area contributed by atoms with E-state index in [0.717, 1.165) is 24.6 Å². The summed E-state index contributed by atoms with van der Waals surface area (Å²) in [6.07, 6.45) is 0. The maximum absolute atomic E-state index is 11.4. The number of rotatable bonds is 2. The first-order valence-electron chi connectivity index (χ1n) is 4.01. The van der Waals surface area contributed by atoms with Crippen molar-refractivity contribution in [2.75, 3.05) is 38.2 Å². The van der Waals surface area contributed by atoms with Crippen LogP contribution in [0.5, 0.6) is 0 Å². The molecule has 0 aromatic heterocycles. The molecule has 1 amide bonds. The van der Waals surface area contributed by atoms with Crippen LogP contribution in [0.25, 0.3) is 0 Å². The average molecular weight is 206 g/mol. The molecule has 0 unspecified atom stereocenters. The number of hydrogen-bond donors (Lipinski definition) is 1. The number of likely N-dealkylation sites (N-methyl/N-ethyl adjacent to an activating group) is 1. The summed E-state index contributed by atoms with van der Waals surface area (Å²) in [5, 5.41) is 2.88. The van der Waals surface area contributed by atoms with Gasteiger partial charge in [-0.3, -0.25) is 4.79 Å². The van der Waals surface area contributed by atoms with Gasteiger partial charge in [-0.25, -0.2) is 0 Å². The molecule has 70 valence electrons. The first kappa shape index (κ1) is 10.2. The standard InChI is InChI=1S/C7H14N2OS2/c1-8-6-7(10)9-2-4-11-12-5-3-9/h8H,2-6H2,1H3. The molecule has 0 saturated carbocycles. The van der Waals surface area contributed by atoms with Crippen molar-refractivity contribution >= 4 is 27.5 Å². The number of nitrogens with zero attached hydrogens (tertiary/aromatic N) is 1. The molecule has 0 aromatic carbocycles. The first-order valence-corrected chi connectivity index (χ1v) is 6.50. The third-order valence-corrected chi connectivity index (χ3v) is 4.02. The molecule has 12 heavy (non-hydrogen) atoms. The maximum atomic E-state index is 11.4. The fourth-order valence-electron chi connectivity index (χ4n) is 1.04. The van der Waals surface area contributed by atoms with Gasteiger partial charge in [0.2, 0.25) is 5.91 Å². The van der Waals surface area contributed by atoms with Crippen LogP contribution in [0, 0.1) is 0 Å². The van der Waals surface area contributed by atoms with Gasteiger partial charge in [0, 0.05) is 24.6 Å². The summed E-state index contributed by atoms with van der Waals surface area (Å²) in [5.74, 6) is 2.33. The quantitative estimate of drug-likeness (QED) is 0.664. The zero-order chi connectivity index (χ0) is 8.81. The van der Waals surface area contributed by atoms with Crippen LogP contribution in [-0.2, 0) is 4.79 Å². The van der Waals surface area contributed by atoms with E-state index in [1.165, 1.54) is 0 Å². The van der Waals surface area contributed by atoms with Gasteiger partial charge in [-0.2, -0.15) is 0 Å². The van der Waals surface area contributed by atoms with Gasteiger partial charge in [-0.1, -0.05) is 21.6 Å². The van der Waals surface area contributed by atoms with Crippen LogP contribution in [0.15, 0.2) is 0 Å². The lowest BCUT2D eigenvalue weighted by atomic mass is 10.4. The minimum absolute atomic E-state index is 0.223. The SMILES string of the molecule is CNCC(=O)N1CCSSCC1. The minimum Gasteiger partial charge on any atom is -0.340 e. The van der Waals surface area contributed by atoms with Gasteiger partial charge in [-0.05, 0) is 7.05 Å². The summed E-state index contributed by atoms with van der Waals surface area (Å²) in [6, 6.07) is 0. The van der Waals surface area contributed by atoms with E-state index in [0.29, 0.717) is 6.54 Å². The van der Waals surface area contributed by atoms with Crippen molar-refractivity contribution in [3.8, 4) is 0 Å². The van der Waals surface area contributed by atoms with E-state index in [4.69, 9.17) is 0 Å². The highest BCUT2D eigenvalue weighted by Crippen LogP contribution is 2.23. The van der Waals surface area contributed by atoms with Crippen molar-refractivity contribution in [2.24, 2.45) is 0 Å². The van der Waals surface area contributed by atoms with Gasteiger partial charge in [-0.15, -0.1) is 0 Å². The van der Waals surface area contributed by atoms with E-state index in [1.807, 2.05) is 26.5 Å². The lowest BCUT2D eigenvalue weighted by molar-refractivity contribution is -0.129. The fraction of sp³-hybridized carbons (Fsp3) is 0.857. The van der Waals surface area contributed by atoms with Crippen molar-refractivity contribution in [1.29, 1.82) is 0 Å². The molecular formula is C7H14N2OS2. The Morgan fingerprint density at radius 2 is 2.00 bits per heavy atom. The Kier molecular flexibility index (Phi) is 4.87. The number of hydrogen-bond acceptors (Lipinski definition) is 4. The second-order valence-electron chi connectivity index (χ2n) is 2.56. The Labute approximate surface area is 81.0 Å². The number of nitrogens with one attached hydrogen (secondary N) is 1. The average Bonchev–Trinajstić information content (AvgIpc) is 2.32. The van der Waals surface area contributed by atoms with E-state index in [-0.39, 0.29) is 5.91 Å². The van der Waals surface area contributed by atoms with Crippen molar-refractivity contribution < 1.29 is 4.79 Å². The smallest absolute Gasteiger partial charge is 0.236 e. The van der Waals surface area contributed by atoms with Crippen LogP contribution in [0.3, 0.4) is 0 Å². The Balaban J connectivity index is 2.32. The topological polar surface area (TPSA) is 32.3 Å². The molecule has 0 spiro atoms. The zero-order valence-electron chi connectivity index (χ0n) is 7.21. The highest BCUT2D eigenvalue weighted by Gasteiger charge is 2.14. The molecule has 1 saturated heterocycles. The minimum atomic E-state index is 0.223. The molecular weight excluding hydrogens is 192 g/mol. The van der Waals surface area contributed by atoms with Crippen LogP contribution in [0.2, 0.25) is 0 Å². The molecule has 0 aromatic rings. The van der Waals surface area contributed by atoms with Crippen molar-refractivity contribution in [3.63, 3.8) is 0 Å².